The average molecular weight is 325 g/mol. The van der Waals surface area contributed by atoms with Crippen LogP contribution in [0.5, 0.6) is 0 Å². The number of rotatable bonds is 1. The summed E-state index contributed by atoms with van der Waals surface area (Å²) < 4.78 is 105. The topological polar surface area (TPSA) is 37.4 Å². The number of nitrogens with zero attached hydrogens (tertiary/aromatic N) is 1. The molecule has 0 aromatic rings. The van der Waals surface area contributed by atoms with Crippen LogP contribution in [0, 0.1) is 0 Å². The minimum atomic E-state index is -5.85. The normalized spacial score (nSPS) is 37.6. The van der Waals surface area contributed by atoms with Crippen LogP contribution in [0.2, 0.25) is 0 Å². The molecule has 0 bridgehead atoms. The van der Waals surface area contributed by atoms with E-state index in [0.29, 0.717) is 0 Å². The van der Waals surface area contributed by atoms with Crippen LogP contribution in [0.1, 0.15) is 19.3 Å². The molecule has 21 heavy (non-hydrogen) atoms. The van der Waals surface area contributed by atoms with Gasteiger partial charge in [0.1, 0.15) is 0 Å². The summed E-state index contributed by atoms with van der Waals surface area (Å²) >= 11 is 0. The molecular weight excluding hydrogens is 318 g/mol. The maximum Gasteiger partial charge on any atom is 0.439 e. The van der Waals surface area contributed by atoms with Gasteiger partial charge >= 0.3 is 6.18 Å². The van der Waals surface area contributed by atoms with Gasteiger partial charge < -0.3 is 0 Å². The maximum absolute atomic E-state index is 14.3. The zero-order chi connectivity index (χ0) is 16.4. The smallest absolute Gasteiger partial charge is 0.270 e. The van der Waals surface area contributed by atoms with Gasteiger partial charge in [-0.25, -0.2) is 26.9 Å². The first-order valence-electron chi connectivity index (χ1n) is 5.65. The van der Waals surface area contributed by atoms with Gasteiger partial charge in [0, 0.05) is 6.42 Å². The molecule has 3 unspecified atom stereocenters. The SMILES string of the molecule is O=C1N(C(F)C(F)(F)F)C(=O)C2(F)C(F)(F)CCCC12F. The van der Waals surface area contributed by atoms with Gasteiger partial charge in [0.25, 0.3) is 29.7 Å². The summed E-state index contributed by atoms with van der Waals surface area (Å²) in [6.45, 7) is 0. The van der Waals surface area contributed by atoms with E-state index in [4.69, 9.17) is 0 Å². The van der Waals surface area contributed by atoms with Crippen LogP contribution >= 0.6 is 0 Å². The first-order chi connectivity index (χ1) is 9.31. The fourth-order valence-corrected chi connectivity index (χ4v) is 2.57. The molecular formula is C10H7F8NO2. The molecule has 2 fully saturated rings. The first-order valence-corrected chi connectivity index (χ1v) is 5.65. The number of carbonyl (C=O) groups is 2. The number of hydrogen-bond donors (Lipinski definition) is 0. The fourth-order valence-electron chi connectivity index (χ4n) is 2.57. The maximum atomic E-state index is 14.3. The lowest BCUT2D eigenvalue weighted by Crippen LogP contribution is -2.64. The molecule has 3 nitrogen and oxygen atoms in total. The molecule has 11 heteroatoms. The average Bonchev–Trinajstić information content (AvgIpc) is 2.48. The Bertz CT molecular complexity index is 506. The molecule has 3 atom stereocenters. The van der Waals surface area contributed by atoms with Crippen molar-refractivity contribution in [1.29, 1.82) is 0 Å². The summed E-state index contributed by atoms with van der Waals surface area (Å²) in [7, 11) is 0. The van der Waals surface area contributed by atoms with Crippen LogP contribution in [0.15, 0.2) is 0 Å². The van der Waals surface area contributed by atoms with Crippen LogP contribution in [-0.4, -0.2) is 46.4 Å². The molecule has 0 aromatic heterocycles. The predicted molar refractivity (Wildman–Crippen MR) is 49.3 cm³/mol. The molecule has 1 saturated carbocycles. The van der Waals surface area contributed by atoms with E-state index in [-0.39, 0.29) is 0 Å². The number of hydrogen-bond acceptors (Lipinski definition) is 2. The van der Waals surface area contributed by atoms with Crippen molar-refractivity contribution in [2.75, 3.05) is 0 Å². The Morgan fingerprint density at radius 2 is 1.52 bits per heavy atom. The quantitative estimate of drug-likeness (QED) is 0.422. The van der Waals surface area contributed by atoms with Gasteiger partial charge in [-0.15, -0.1) is 0 Å². The molecule has 2 aliphatic rings. The third-order valence-electron chi connectivity index (χ3n) is 3.63. The zero-order valence-corrected chi connectivity index (χ0v) is 9.99. The van der Waals surface area contributed by atoms with Crippen molar-refractivity contribution < 1.29 is 44.7 Å². The van der Waals surface area contributed by atoms with Gasteiger partial charge in [-0.2, -0.15) is 13.2 Å². The van der Waals surface area contributed by atoms with Crippen LogP contribution in [0.4, 0.5) is 35.1 Å². The van der Waals surface area contributed by atoms with Crippen LogP contribution in [0.3, 0.4) is 0 Å². The summed E-state index contributed by atoms with van der Waals surface area (Å²) in [5, 5.41) is 0. The summed E-state index contributed by atoms with van der Waals surface area (Å²) in [6.07, 6.45) is -13.6. The van der Waals surface area contributed by atoms with Crippen molar-refractivity contribution in [1.82, 2.24) is 4.90 Å². The van der Waals surface area contributed by atoms with Gasteiger partial charge in [0.2, 0.25) is 5.67 Å². The van der Waals surface area contributed by atoms with E-state index in [0.717, 1.165) is 0 Å². The zero-order valence-electron chi connectivity index (χ0n) is 9.99. The third kappa shape index (κ3) is 1.71. The second-order valence-corrected chi connectivity index (χ2v) is 4.88. The van der Waals surface area contributed by atoms with E-state index in [9.17, 15) is 44.7 Å². The standard InChI is InChI=1S/C10H7F8NO2/c11-4(10(16,17)18)19-5(20)7(12)2-1-3-8(13,14)9(7,15)6(19)21/h4H,1-3H2. The van der Waals surface area contributed by atoms with Gasteiger partial charge in [0.15, 0.2) is 0 Å². The van der Waals surface area contributed by atoms with E-state index in [1.807, 2.05) is 0 Å². The monoisotopic (exact) mass is 325 g/mol. The molecule has 2 amide bonds. The number of imide groups is 1. The summed E-state index contributed by atoms with van der Waals surface area (Å²) in [5.41, 5.74) is -9.04. The number of halogens is 8. The largest absolute Gasteiger partial charge is 0.439 e. The minimum Gasteiger partial charge on any atom is -0.270 e. The van der Waals surface area contributed by atoms with Crippen LogP contribution in [0.25, 0.3) is 0 Å². The lowest BCUT2D eigenvalue weighted by molar-refractivity contribution is -0.225. The third-order valence-corrected chi connectivity index (χ3v) is 3.63. The summed E-state index contributed by atoms with van der Waals surface area (Å²) in [5.74, 6) is -10.1. The Hall–Kier alpha value is -1.42. The van der Waals surface area contributed by atoms with E-state index >= 15 is 0 Å². The lowest BCUT2D eigenvalue weighted by atomic mass is 9.73. The Balaban J connectivity index is 2.58. The molecule has 0 aromatic carbocycles. The summed E-state index contributed by atoms with van der Waals surface area (Å²) in [4.78, 5) is 21.5. The molecule has 120 valence electrons. The van der Waals surface area contributed by atoms with Crippen LogP contribution < -0.4 is 0 Å². The summed E-state index contributed by atoms with van der Waals surface area (Å²) in [6, 6.07) is 0. The molecule has 0 N–H and O–H groups in total. The lowest BCUT2D eigenvalue weighted by Gasteiger charge is -2.39. The molecule has 0 spiro atoms. The predicted octanol–water partition coefficient (Wildman–Crippen LogP) is 2.45. The molecule has 1 saturated heterocycles. The highest BCUT2D eigenvalue weighted by molar-refractivity contribution is 6.14. The fraction of sp³-hybridized carbons (Fsp3) is 0.800. The van der Waals surface area contributed by atoms with Crippen molar-refractivity contribution in [2.24, 2.45) is 0 Å². The molecule has 1 aliphatic carbocycles. The number of alkyl halides is 8. The van der Waals surface area contributed by atoms with Gasteiger partial charge in [0.05, 0.1) is 0 Å². The van der Waals surface area contributed by atoms with E-state index in [1.54, 1.807) is 0 Å². The number of fused-ring (bicyclic) bond motifs is 1. The second kappa shape index (κ2) is 4.07. The van der Waals surface area contributed by atoms with Crippen molar-refractivity contribution in [3.05, 3.63) is 0 Å². The van der Waals surface area contributed by atoms with Crippen molar-refractivity contribution in [2.45, 2.75) is 49.0 Å². The molecule has 0 radical (unpaired) electrons. The Morgan fingerprint density at radius 3 is 1.95 bits per heavy atom. The second-order valence-electron chi connectivity index (χ2n) is 4.88. The Kier molecular flexibility index (Phi) is 3.09. The number of carbonyl (C=O) groups excluding carboxylic acids is 2. The van der Waals surface area contributed by atoms with E-state index in [2.05, 4.69) is 0 Å². The van der Waals surface area contributed by atoms with Crippen molar-refractivity contribution in [3.63, 3.8) is 0 Å². The van der Waals surface area contributed by atoms with E-state index < -0.39 is 65.7 Å². The highest BCUT2D eigenvalue weighted by atomic mass is 19.4. The highest BCUT2D eigenvalue weighted by Gasteiger charge is 2.84. The minimum absolute atomic E-state index is 0.745. The first kappa shape index (κ1) is 16.0. The number of likely N-dealkylation sites (tertiary alicyclic amines) is 1. The number of amides is 2. The highest BCUT2D eigenvalue weighted by Crippen LogP contribution is 2.57. The van der Waals surface area contributed by atoms with Crippen molar-refractivity contribution >= 4 is 11.8 Å². The van der Waals surface area contributed by atoms with Crippen molar-refractivity contribution in [3.8, 4) is 0 Å². The van der Waals surface area contributed by atoms with E-state index in [1.165, 1.54) is 0 Å². The molecule has 1 heterocycles. The van der Waals surface area contributed by atoms with Gasteiger partial charge in [-0.1, -0.05) is 0 Å². The van der Waals surface area contributed by atoms with Gasteiger partial charge in [-0.05, 0) is 12.8 Å². The molecule has 1 aliphatic heterocycles. The molecule has 2 rings (SSSR count). The van der Waals surface area contributed by atoms with Gasteiger partial charge in [-0.3, -0.25) is 9.59 Å². The Morgan fingerprint density at radius 1 is 1.00 bits per heavy atom. The Labute approximate surface area is 111 Å². The van der Waals surface area contributed by atoms with Crippen LogP contribution in [-0.2, 0) is 9.59 Å².